The Hall–Kier alpha value is -1.42. The Morgan fingerprint density at radius 3 is 1.94 bits per heavy atom. The molecule has 0 aliphatic heterocycles. The number of hydrogen-bond acceptors (Lipinski definition) is 1. The van der Waals surface area contributed by atoms with Crippen molar-refractivity contribution in [2.45, 2.75) is 6.54 Å². The maximum Gasteiger partial charge on any atom is 2.00 e. The van der Waals surface area contributed by atoms with Gasteiger partial charge < -0.3 is 0 Å². The van der Waals surface area contributed by atoms with Gasteiger partial charge in [0, 0.05) is 10.4 Å². The van der Waals surface area contributed by atoms with Crippen LogP contribution in [0.2, 0.25) is 0 Å². The van der Waals surface area contributed by atoms with E-state index in [9.17, 15) is 4.39 Å². The van der Waals surface area contributed by atoms with Crippen LogP contribution >= 0.6 is 15.9 Å². The van der Waals surface area contributed by atoms with Gasteiger partial charge in [0.05, 0.1) is 17.9 Å². The zero-order chi connectivity index (χ0) is 20.8. The van der Waals surface area contributed by atoms with Crippen LogP contribution in [0.3, 0.4) is 0 Å². The summed E-state index contributed by atoms with van der Waals surface area (Å²) in [4.78, 5) is 0. The molecule has 2 aromatic carbocycles. The Labute approximate surface area is 204 Å². The third-order valence-corrected chi connectivity index (χ3v) is 5.21. The number of hydrogen-bond donors (Lipinski definition) is 0. The number of halogens is 2. The van der Waals surface area contributed by atoms with Crippen LogP contribution in [0.4, 0.5) is 4.39 Å². The molecular formula is C26H20BrFFeN2+2. The molecule has 1 aromatic heterocycles. The van der Waals surface area contributed by atoms with E-state index in [1.165, 1.54) is 12.1 Å². The van der Waals surface area contributed by atoms with Crippen LogP contribution in [0.1, 0.15) is 11.3 Å². The molecule has 0 saturated heterocycles. The number of benzene rings is 2. The molecule has 2 aliphatic carbocycles. The average molecular weight is 515 g/mol. The second kappa shape index (κ2) is 12.0. The largest absolute Gasteiger partial charge is 2.00 e. The van der Waals surface area contributed by atoms with E-state index in [4.69, 9.17) is 5.10 Å². The standard InChI is InChI=1S/C21H15BrFN2.C5H5.Fe/c22-18-9-7-17(8-10-18)21-13-20(16-3-1-2-4-16)24-25(21)14-15-5-11-19(23)12-6-15;1-2-4-5-3-1;/h1-13H,14H2;1-5H;/q;;+2. The Morgan fingerprint density at radius 1 is 0.774 bits per heavy atom. The summed E-state index contributed by atoms with van der Waals surface area (Å²) in [6.07, 6.45) is 18.1. The molecular weight excluding hydrogens is 495 g/mol. The van der Waals surface area contributed by atoms with Crippen LogP contribution in [0.5, 0.6) is 0 Å². The van der Waals surface area contributed by atoms with Crippen molar-refractivity contribution < 1.29 is 21.5 Å². The minimum Gasteiger partial charge on any atom is -0.260 e. The van der Waals surface area contributed by atoms with Crippen molar-refractivity contribution in [3.05, 3.63) is 140 Å². The first kappa shape index (κ1) is 24.2. The molecule has 3 aromatic rings. The van der Waals surface area contributed by atoms with Crippen molar-refractivity contribution in [1.82, 2.24) is 9.78 Å². The zero-order valence-corrected chi connectivity index (χ0v) is 19.3. The molecule has 5 heteroatoms. The molecule has 0 unspecified atom stereocenters. The van der Waals surface area contributed by atoms with Gasteiger partial charge >= 0.3 is 17.1 Å². The third-order valence-electron chi connectivity index (χ3n) is 4.68. The minimum atomic E-state index is -0.227. The fourth-order valence-electron chi connectivity index (χ4n) is 3.16. The third kappa shape index (κ3) is 6.78. The van der Waals surface area contributed by atoms with Crippen molar-refractivity contribution >= 4 is 15.9 Å². The Morgan fingerprint density at radius 2 is 1.35 bits per heavy atom. The van der Waals surface area contributed by atoms with E-state index in [1.807, 2.05) is 61.8 Å². The van der Waals surface area contributed by atoms with Crippen molar-refractivity contribution in [2.75, 3.05) is 0 Å². The molecule has 154 valence electrons. The van der Waals surface area contributed by atoms with E-state index in [0.29, 0.717) is 6.54 Å². The molecule has 0 atom stereocenters. The topological polar surface area (TPSA) is 17.8 Å². The zero-order valence-electron chi connectivity index (χ0n) is 16.6. The van der Waals surface area contributed by atoms with E-state index < -0.39 is 0 Å². The van der Waals surface area contributed by atoms with Gasteiger partial charge in [0.1, 0.15) is 5.82 Å². The van der Waals surface area contributed by atoms with Gasteiger partial charge in [0.2, 0.25) is 0 Å². The predicted molar refractivity (Wildman–Crippen MR) is 122 cm³/mol. The summed E-state index contributed by atoms with van der Waals surface area (Å²) >= 11 is 3.48. The van der Waals surface area contributed by atoms with Crippen LogP contribution in [-0.2, 0) is 23.6 Å². The van der Waals surface area contributed by atoms with Gasteiger partial charge in [0.25, 0.3) is 0 Å². The summed E-state index contributed by atoms with van der Waals surface area (Å²) in [5.74, 6) is 0.867. The maximum atomic E-state index is 13.2. The first-order valence-corrected chi connectivity index (χ1v) is 10.5. The van der Waals surface area contributed by atoms with E-state index in [0.717, 1.165) is 32.9 Å². The first-order chi connectivity index (χ1) is 14.7. The number of rotatable bonds is 4. The minimum absolute atomic E-state index is 0. The molecule has 2 saturated carbocycles. The summed E-state index contributed by atoms with van der Waals surface area (Å²) in [5, 5.41) is 4.78. The van der Waals surface area contributed by atoms with E-state index in [1.54, 1.807) is 12.1 Å². The number of nitrogens with zero attached hydrogens (tertiary/aromatic N) is 2. The Balaban J connectivity index is 0.000000401. The van der Waals surface area contributed by atoms with Gasteiger partial charge in [-0.15, -0.1) is 0 Å². The second-order valence-corrected chi connectivity index (χ2v) is 7.76. The first-order valence-electron chi connectivity index (χ1n) is 9.66. The van der Waals surface area contributed by atoms with Gasteiger partial charge in [-0.1, -0.05) is 40.2 Å². The maximum absolute atomic E-state index is 13.2. The molecule has 5 rings (SSSR count). The molecule has 31 heavy (non-hydrogen) atoms. The normalized spacial score (nSPS) is 15.9. The molecule has 0 amide bonds. The SMILES string of the molecule is Fc1ccc(Cn2nc([C]3[CH][CH][CH][CH]3)cc2-c2ccc(Br)cc2)cc1.[CH]1[CH][CH][CH][CH]1.[Fe+2]. The van der Waals surface area contributed by atoms with Crippen LogP contribution in [-0.4, -0.2) is 9.78 Å². The van der Waals surface area contributed by atoms with Crippen molar-refractivity contribution in [2.24, 2.45) is 0 Å². The monoisotopic (exact) mass is 514 g/mol. The van der Waals surface area contributed by atoms with Crippen molar-refractivity contribution in [3.63, 3.8) is 0 Å². The van der Waals surface area contributed by atoms with Crippen molar-refractivity contribution in [1.29, 1.82) is 0 Å². The van der Waals surface area contributed by atoms with E-state index in [2.05, 4.69) is 47.0 Å². The van der Waals surface area contributed by atoms with E-state index >= 15 is 0 Å². The molecule has 0 spiro atoms. The quantitative estimate of drug-likeness (QED) is 0.375. The molecule has 0 bridgehead atoms. The summed E-state index contributed by atoms with van der Waals surface area (Å²) in [7, 11) is 0. The van der Waals surface area contributed by atoms with Gasteiger partial charge in [-0.05, 0) is 99.2 Å². The summed E-state index contributed by atoms with van der Waals surface area (Å²) in [6.45, 7) is 0.590. The van der Waals surface area contributed by atoms with Crippen LogP contribution < -0.4 is 0 Å². The fourth-order valence-corrected chi connectivity index (χ4v) is 3.42. The van der Waals surface area contributed by atoms with E-state index in [-0.39, 0.29) is 22.9 Å². The fraction of sp³-hybridized carbons (Fsp3) is 0.0385. The van der Waals surface area contributed by atoms with Gasteiger partial charge in [-0.25, -0.2) is 4.39 Å². The number of aromatic nitrogens is 2. The molecule has 0 N–H and O–H groups in total. The Bertz CT molecular complexity index is 919. The molecule has 1 heterocycles. The van der Waals surface area contributed by atoms with Gasteiger partial charge in [-0.3, -0.25) is 4.68 Å². The summed E-state index contributed by atoms with van der Waals surface area (Å²) < 4.78 is 16.2. The van der Waals surface area contributed by atoms with Gasteiger partial charge in [-0.2, -0.15) is 5.10 Å². The molecule has 2 aliphatic rings. The average Bonchev–Trinajstić information content (AvgIpc) is 3.54. The summed E-state index contributed by atoms with van der Waals surface area (Å²) in [5.41, 5.74) is 4.07. The predicted octanol–water partition coefficient (Wildman–Crippen LogP) is 6.27. The molecule has 10 radical (unpaired) electrons. The van der Waals surface area contributed by atoms with Gasteiger partial charge in [0.15, 0.2) is 0 Å². The Kier molecular flexibility index (Phi) is 9.37. The van der Waals surface area contributed by atoms with Crippen LogP contribution in [0, 0.1) is 69.5 Å². The smallest absolute Gasteiger partial charge is 0.260 e. The van der Waals surface area contributed by atoms with Crippen LogP contribution in [0.15, 0.2) is 59.1 Å². The molecule has 2 fully saturated rings. The van der Waals surface area contributed by atoms with Crippen LogP contribution in [0.25, 0.3) is 11.3 Å². The molecule has 2 nitrogen and oxygen atoms in total. The van der Waals surface area contributed by atoms with Crippen molar-refractivity contribution in [3.8, 4) is 11.3 Å². The summed E-state index contributed by atoms with van der Waals surface area (Å²) in [6, 6.07) is 16.8. The second-order valence-electron chi connectivity index (χ2n) is 6.84.